The molecular weight excluding hydrogens is 296 g/mol. The molecule has 2 rings (SSSR count). The quantitative estimate of drug-likeness (QED) is 0.485. The third kappa shape index (κ3) is 4.17. The second kappa shape index (κ2) is 7.74. The second-order valence-electron chi connectivity index (χ2n) is 4.94. The van der Waals surface area contributed by atoms with Crippen molar-refractivity contribution in [3.8, 4) is 0 Å². The Morgan fingerprint density at radius 2 is 2.23 bits per heavy atom. The first-order chi connectivity index (χ1) is 10.6. The van der Waals surface area contributed by atoms with Crippen molar-refractivity contribution in [1.29, 1.82) is 0 Å². The minimum Gasteiger partial charge on any atom is -0.353 e. The number of hydrogen-bond acceptors (Lipinski definition) is 4. The molecule has 0 aromatic carbocycles. The van der Waals surface area contributed by atoms with Gasteiger partial charge in [-0.1, -0.05) is 6.08 Å². The van der Waals surface area contributed by atoms with Gasteiger partial charge in [0.2, 0.25) is 0 Å². The first-order valence-corrected chi connectivity index (χ1v) is 8.00. The van der Waals surface area contributed by atoms with Crippen LogP contribution < -0.4 is 10.6 Å². The van der Waals surface area contributed by atoms with Gasteiger partial charge in [0.25, 0.3) is 0 Å². The van der Waals surface area contributed by atoms with Gasteiger partial charge in [-0.3, -0.25) is 0 Å². The molecule has 0 aliphatic rings. The van der Waals surface area contributed by atoms with E-state index >= 15 is 0 Å². The third-order valence-corrected chi connectivity index (χ3v) is 4.38. The van der Waals surface area contributed by atoms with Crippen LogP contribution in [0.1, 0.15) is 22.1 Å². The van der Waals surface area contributed by atoms with Crippen LogP contribution in [-0.4, -0.2) is 27.3 Å². The van der Waals surface area contributed by atoms with Gasteiger partial charge in [0.1, 0.15) is 12.4 Å². The first kappa shape index (κ1) is 16.2. The number of thiophene rings is 1. The minimum atomic E-state index is 0.479. The Morgan fingerprint density at radius 3 is 2.82 bits per heavy atom. The monoisotopic (exact) mass is 318 g/mol. The Balaban J connectivity index is 2.01. The number of aliphatic imine (C=N–C) groups is 1. The van der Waals surface area contributed by atoms with Crippen LogP contribution in [0.2, 0.25) is 0 Å². The molecule has 2 aromatic rings. The van der Waals surface area contributed by atoms with E-state index in [1.54, 1.807) is 17.4 Å². The van der Waals surface area contributed by atoms with Crippen molar-refractivity contribution in [3.05, 3.63) is 46.2 Å². The molecule has 0 fully saturated rings. The van der Waals surface area contributed by atoms with Gasteiger partial charge in [0, 0.05) is 18.5 Å². The van der Waals surface area contributed by atoms with Crippen molar-refractivity contribution in [2.75, 3.05) is 6.54 Å². The molecule has 7 heteroatoms. The molecule has 22 heavy (non-hydrogen) atoms. The molecule has 0 saturated carbocycles. The average molecular weight is 318 g/mol. The van der Waals surface area contributed by atoms with Gasteiger partial charge in [0.15, 0.2) is 11.8 Å². The van der Waals surface area contributed by atoms with Crippen molar-refractivity contribution in [3.63, 3.8) is 0 Å². The summed E-state index contributed by atoms with van der Waals surface area (Å²) in [7, 11) is 1.94. The van der Waals surface area contributed by atoms with E-state index in [0.29, 0.717) is 13.1 Å². The largest absolute Gasteiger partial charge is 0.353 e. The Kier molecular flexibility index (Phi) is 5.71. The fourth-order valence-electron chi connectivity index (χ4n) is 1.83. The summed E-state index contributed by atoms with van der Waals surface area (Å²) in [6.45, 7) is 9.66. The fraction of sp³-hybridized carbons (Fsp3) is 0.400. The Hall–Kier alpha value is -2.15. The lowest BCUT2D eigenvalue weighted by molar-refractivity contribution is 0.760. The standard InChI is InChI=1S/C15H22N6S/c1-5-7-16-15(17-9-13-11(2)6-8-22-13)18-10-14-20-19-12(3)21(14)4/h5-6,8H,1,7,9-10H2,2-4H3,(H2,16,17,18). The molecule has 2 heterocycles. The Morgan fingerprint density at radius 1 is 1.41 bits per heavy atom. The summed E-state index contributed by atoms with van der Waals surface area (Å²) >= 11 is 1.74. The van der Waals surface area contributed by atoms with Crippen molar-refractivity contribution >= 4 is 17.3 Å². The minimum absolute atomic E-state index is 0.479. The first-order valence-electron chi connectivity index (χ1n) is 7.12. The van der Waals surface area contributed by atoms with Crippen LogP contribution in [0, 0.1) is 13.8 Å². The number of hydrogen-bond donors (Lipinski definition) is 2. The van der Waals surface area contributed by atoms with Gasteiger partial charge in [0.05, 0.1) is 6.54 Å². The molecule has 2 aromatic heterocycles. The van der Waals surface area contributed by atoms with E-state index in [4.69, 9.17) is 0 Å². The number of rotatable bonds is 6. The Bertz CT molecular complexity index is 655. The van der Waals surface area contributed by atoms with Crippen molar-refractivity contribution in [1.82, 2.24) is 25.4 Å². The summed E-state index contributed by atoms with van der Waals surface area (Å²) in [5.41, 5.74) is 1.30. The van der Waals surface area contributed by atoms with Crippen LogP contribution >= 0.6 is 11.3 Å². The summed E-state index contributed by atoms with van der Waals surface area (Å²) < 4.78 is 1.94. The molecule has 0 atom stereocenters. The van der Waals surface area contributed by atoms with Crippen molar-refractivity contribution in [2.45, 2.75) is 26.9 Å². The maximum Gasteiger partial charge on any atom is 0.192 e. The molecule has 0 bridgehead atoms. The topological polar surface area (TPSA) is 67.1 Å². The predicted octanol–water partition coefficient (Wildman–Crippen LogP) is 1.91. The highest BCUT2D eigenvalue weighted by atomic mass is 32.1. The molecule has 0 aliphatic heterocycles. The van der Waals surface area contributed by atoms with Gasteiger partial charge < -0.3 is 15.2 Å². The molecule has 0 aliphatic carbocycles. The molecule has 2 N–H and O–H groups in total. The van der Waals surface area contributed by atoms with Crippen LogP contribution in [0.3, 0.4) is 0 Å². The number of aromatic nitrogens is 3. The second-order valence-corrected chi connectivity index (χ2v) is 5.94. The predicted molar refractivity (Wildman–Crippen MR) is 91.0 cm³/mol. The number of nitrogens with one attached hydrogen (secondary N) is 2. The maximum absolute atomic E-state index is 4.56. The number of nitrogens with zero attached hydrogens (tertiary/aromatic N) is 4. The smallest absolute Gasteiger partial charge is 0.192 e. The molecule has 118 valence electrons. The van der Waals surface area contributed by atoms with Gasteiger partial charge >= 0.3 is 0 Å². The highest BCUT2D eigenvalue weighted by Crippen LogP contribution is 2.14. The van der Waals surface area contributed by atoms with Crippen LogP contribution in [0.4, 0.5) is 0 Å². The zero-order valence-electron chi connectivity index (χ0n) is 13.3. The molecule has 0 unspecified atom stereocenters. The van der Waals surface area contributed by atoms with Crippen LogP contribution in [0.5, 0.6) is 0 Å². The molecule has 0 saturated heterocycles. The maximum atomic E-state index is 4.56. The SMILES string of the molecule is C=CCNC(=NCc1nnc(C)n1C)NCc1sccc1C. The highest BCUT2D eigenvalue weighted by Gasteiger charge is 2.06. The molecule has 0 radical (unpaired) electrons. The average Bonchev–Trinajstić information content (AvgIpc) is 3.06. The van der Waals surface area contributed by atoms with Crippen LogP contribution in [0.25, 0.3) is 0 Å². The van der Waals surface area contributed by atoms with Gasteiger partial charge in [-0.25, -0.2) is 4.99 Å². The van der Waals surface area contributed by atoms with Crippen LogP contribution in [0.15, 0.2) is 29.1 Å². The van der Waals surface area contributed by atoms with E-state index in [9.17, 15) is 0 Å². The van der Waals surface area contributed by atoms with E-state index in [2.05, 4.69) is 50.8 Å². The number of aryl methyl sites for hydroxylation is 2. The van der Waals surface area contributed by atoms with Gasteiger partial charge in [-0.2, -0.15) is 0 Å². The summed E-state index contributed by atoms with van der Waals surface area (Å²) in [4.78, 5) is 5.87. The van der Waals surface area contributed by atoms with E-state index < -0.39 is 0 Å². The molecule has 0 amide bonds. The summed E-state index contributed by atoms with van der Waals surface area (Å²) in [6.07, 6.45) is 1.81. The normalized spacial score (nSPS) is 11.5. The summed E-state index contributed by atoms with van der Waals surface area (Å²) in [5, 5.41) is 16.8. The zero-order chi connectivity index (χ0) is 15.9. The lowest BCUT2D eigenvalue weighted by Crippen LogP contribution is -2.37. The van der Waals surface area contributed by atoms with Gasteiger partial charge in [-0.05, 0) is 30.9 Å². The van der Waals surface area contributed by atoms with Crippen LogP contribution in [-0.2, 0) is 20.1 Å². The number of guanidine groups is 1. The van der Waals surface area contributed by atoms with E-state index in [1.807, 2.05) is 18.5 Å². The highest BCUT2D eigenvalue weighted by molar-refractivity contribution is 7.10. The molecule has 0 spiro atoms. The van der Waals surface area contributed by atoms with Crippen molar-refractivity contribution in [2.24, 2.45) is 12.0 Å². The summed E-state index contributed by atoms with van der Waals surface area (Å²) in [5.74, 6) is 2.46. The van der Waals surface area contributed by atoms with E-state index in [-0.39, 0.29) is 0 Å². The van der Waals surface area contributed by atoms with Crippen molar-refractivity contribution < 1.29 is 0 Å². The van der Waals surface area contributed by atoms with Gasteiger partial charge in [-0.15, -0.1) is 28.1 Å². The lowest BCUT2D eigenvalue weighted by Gasteiger charge is -2.11. The summed E-state index contributed by atoms with van der Waals surface area (Å²) in [6, 6.07) is 2.12. The fourth-order valence-corrected chi connectivity index (χ4v) is 2.68. The zero-order valence-corrected chi connectivity index (χ0v) is 14.1. The lowest BCUT2D eigenvalue weighted by atomic mass is 10.3. The van der Waals surface area contributed by atoms with E-state index in [0.717, 1.165) is 24.2 Å². The third-order valence-electron chi connectivity index (χ3n) is 3.36. The van der Waals surface area contributed by atoms with E-state index in [1.165, 1.54) is 10.4 Å². The Labute approximate surface area is 135 Å². The molecule has 6 nitrogen and oxygen atoms in total. The molecular formula is C15H22N6S.